The van der Waals surface area contributed by atoms with Gasteiger partial charge < -0.3 is 9.30 Å². The zero-order chi connectivity index (χ0) is 14.7. The summed E-state index contributed by atoms with van der Waals surface area (Å²) in [4.78, 5) is 15.9. The van der Waals surface area contributed by atoms with Crippen molar-refractivity contribution < 1.29 is 9.53 Å². The predicted octanol–water partition coefficient (Wildman–Crippen LogP) is 3.26. The molecule has 0 aliphatic rings. The Balaban J connectivity index is 2.05. The summed E-state index contributed by atoms with van der Waals surface area (Å²) in [5.41, 5.74) is 2.93. The van der Waals surface area contributed by atoms with Crippen LogP contribution in [0.15, 0.2) is 54.6 Å². The zero-order valence-corrected chi connectivity index (χ0v) is 11.6. The Kier molecular flexibility index (Phi) is 3.55. The van der Waals surface area contributed by atoms with Crippen LogP contribution >= 0.6 is 0 Å². The number of para-hydroxylation sites is 2. The lowest BCUT2D eigenvalue weighted by Crippen LogP contribution is -2.15. The first-order valence-electron chi connectivity index (χ1n) is 6.62. The second-order valence-electron chi connectivity index (χ2n) is 4.61. The first kappa shape index (κ1) is 13.2. The number of anilines is 1. The molecule has 5 nitrogen and oxygen atoms in total. The van der Waals surface area contributed by atoms with Crippen LogP contribution in [-0.2, 0) is 11.3 Å². The van der Waals surface area contributed by atoms with Crippen molar-refractivity contribution in [2.24, 2.45) is 0 Å². The number of imidazole rings is 1. The van der Waals surface area contributed by atoms with E-state index in [1.165, 1.54) is 7.11 Å². The summed E-state index contributed by atoms with van der Waals surface area (Å²) in [6.45, 7) is 0.626. The molecule has 1 heterocycles. The fraction of sp³-hybridized carbons (Fsp3) is 0.125. The van der Waals surface area contributed by atoms with Crippen LogP contribution in [0.2, 0.25) is 0 Å². The van der Waals surface area contributed by atoms with Gasteiger partial charge in [-0.15, -0.1) is 0 Å². The number of nitrogens with zero attached hydrogens (tertiary/aromatic N) is 2. The van der Waals surface area contributed by atoms with Crippen molar-refractivity contribution in [3.8, 4) is 0 Å². The van der Waals surface area contributed by atoms with Gasteiger partial charge in [0.15, 0.2) is 0 Å². The fourth-order valence-corrected chi connectivity index (χ4v) is 2.24. The Morgan fingerprint density at radius 2 is 1.86 bits per heavy atom. The van der Waals surface area contributed by atoms with Gasteiger partial charge in [-0.2, -0.15) is 0 Å². The number of ether oxygens (including phenoxy) is 1. The van der Waals surface area contributed by atoms with Crippen LogP contribution < -0.4 is 5.32 Å². The molecule has 0 saturated carbocycles. The van der Waals surface area contributed by atoms with Crippen molar-refractivity contribution in [3.05, 3.63) is 60.2 Å². The lowest BCUT2D eigenvalue weighted by molar-refractivity contribution is 0.186. The minimum Gasteiger partial charge on any atom is -0.453 e. The van der Waals surface area contributed by atoms with Crippen molar-refractivity contribution in [3.63, 3.8) is 0 Å². The summed E-state index contributed by atoms with van der Waals surface area (Å²) in [6, 6.07) is 17.8. The Bertz CT molecular complexity index is 766. The quantitative estimate of drug-likeness (QED) is 0.801. The SMILES string of the molecule is COC(=O)Nc1nc2ccccc2n1Cc1ccccc1. The van der Waals surface area contributed by atoms with E-state index in [1.54, 1.807) is 0 Å². The highest BCUT2D eigenvalue weighted by molar-refractivity contribution is 5.86. The number of rotatable bonds is 3. The monoisotopic (exact) mass is 281 g/mol. The smallest absolute Gasteiger partial charge is 0.413 e. The zero-order valence-electron chi connectivity index (χ0n) is 11.6. The number of benzene rings is 2. The van der Waals surface area contributed by atoms with Gasteiger partial charge in [-0.1, -0.05) is 42.5 Å². The van der Waals surface area contributed by atoms with Gasteiger partial charge in [0, 0.05) is 0 Å². The molecule has 0 aliphatic heterocycles. The molecular weight excluding hydrogens is 266 g/mol. The number of hydrogen-bond donors (Lipinski definition) is 1. The van der Waals surface area contributed by atoms with Crippen molar-refractivity contribution in [1.82, 2.24) is 9.55 Å². The molecule has 3 aromatic rings. The summed E-state index contributed by atoms with van der Waals surface area (Å²) in [5, 5.41) is 2.66. The average Bonchev–Trinajstić information content (AvgIpc) is 2.86. The van der Waals surface area contributed by atoms with Crippen LogP contribution in [-0.4, -0.2) is 22.8 Å². The Morgan fingerprint density at radius 3 is 2.62 bits per heavy atom. The summed E-state index contributed by atoms with van der Waals surface area (Å²) in [6.07, 6.45) is -0.528. The third kappa shape index (κ3) is 2.72. The fourth-order valence-electron chi connectivity index (χ4n) is 2.24. The Hall–Kier alpha value is -2.82. The molecule has 0 saturated heterocycles. The van der Waals surface area contributed by atoms with E-state index in [4.69, 9.17) is 0 Å². The van der Waals surface area contributed by atoms with Gasteiger partial charge in [-0.05, 0) is 17.7 Å². The van der Waals surface area contributed by atoms with Gasteiger partial charge in [-0.25, -0.2) is 9.78 Å². The molecule has 1 N–H and O–H groups in total. The molecule has 0 bridgehead atoms. The molecule has 5 heteroatoms. The number of carbonyl (C=O) groups is 1. The Labute approximate surface area is 122 Å². The van der Waals surface area contributed by atoms with E-state index < -0.39 is 6.09 Å². The van der Waals surface area contributed by atoms with Crippen molar-refractivity contribution in [1.29, 1.82) is 0 Å². The number of aromatic nitrogens is 2. The van der Waals surface area contributed by atoms with E-state index in [1.807, 2.05) is 59.2 Å². The number of amides is 1. The third-order valence-electron chi connectivity index (χ3n) is 3.24. The minimum absolute atomic E-state index is 0.479. The average molecular weight is 281 g/mol. The van der Waals surface area contributed by atoms with Crippen molar-refractivity contribution in [2.45, 2.75) is 6.54 Å². The van der Waals surface area contributed by atoms with Crippen LogP contribution in [0.25, 0.3) is 11.0 Å². The number of methoxy groups -OCH3 is 1. The highest BCUT2D eigenvalue weighted by atomic mass is 16.5. The number of carbonyl (C=O) groups excluding carboxylic acids is 1. The van der Waals surface area contributed by atoms with Crippen LogP contribution in [0.5, 0.6) is 0 Å². The number of hydrogen-bond acceptors (Lipinski definition) is 3. The topological polar surface area (TPSA) is 56.1 Å². The second-order valence-corrected chi connectivity index (χ2v) is 4.61. The molecule has 0 unspecified atom stereocenters. The summed E-state index contributed by atoms with van der Waals surface area (Å²) in [7, 11) is 1.33. The van der Waals surface area contributed by atoms with Crippen molar-refractivity contribution in [2.75, 3.05) is 12.4 Å². The van der Waals surface area contributed by atoms with E-state index in [-0.39, 0.29) is 0 Å². The largest absolute Gasteiger partial charge is 0.453 e. The van der Waals surface area contributed by atoms with Gasteiger partial charge in [0.1, 0.15) is 0 Å². The predicted molar refractivity (Wildman–Crippen MR) is 81.3 cm³/mol. The third-order valence-corrected chi connectivity index (χ3v) is 3.24. The van der Waals surface area contributed by atoms with Gasteiger partial charge in [0.25, 0.3) is 0 Å². The Morgan fingerprint density at radius 1 is 1.14 bits per heavy atom. The lowest BCUT2D eigenvalue weighted by Gasteiger charge is -2.09. The van der Waals surface area contributed by atoms with Crippen LogP contribution in [0.3, 0.4) is 0 Å². The molecule has 1 aromatic heterocycles. The van der Waals surface area contributed by atoms with E-state index in [0.717, 1.165) is 16.6 Å². The van der Waals surface area contributed by atoms with Crippen LogP contribution in [0.1, 0.15) is 5.56 Å². The van der Waals surface area contributed by atoms with E-state index in [0.29, 0.717) is 12.5 Å². The normalized spacial score (nSPS) is 10.5. The standard InChI is InChI=1S/C16H15N3O2/c1-21-16(20)18-15-17-13-9-5-6-10-14(13)19(15)11-12-7-3-2-4-8-12/h2-10H,11H2,1H3,(H,17,18,20). The molecule has 0 spiro atoms. The van der Waals surface area contributed by atoms with Gasteiger partial charge in [0.2, 0.25) is 5.95 Å². The molecular formula is C16H15N3O2. The summed E-state index contributed by atoms with van der Waals surface area (Å²) in [5.74, 6) is 0.479. The van der Waals surface area contributed by atoms with Crippen molar-refractivity contribution >= 4 is 23.1 Å². The first-order chi connectivity index (χ1) is 10.3. The highest BCUT2D eigenvalue weighted by Crippen LogP contribution is 2.21. The molecule has 0 fully saturated rings. The molecule has 106 valence electrons. The maximum absolute atomic E-state index is 11.5. The highest BCUT2D eigenvalue weighted by Gasteiger charge is 2.13. The molecule has 0 aliphatic carbocycles. The number of fused-ring (bicyclic) bond motifs is 1. The summed E-state index contributed by atoms with van der Waals surface area (Å²) < 4.78 is 6.61. The molecule has 3 rings (SSSR count). The molecule has 0 atom stereocenters. The van der Waals surface area contributed by atoms with Gasteiger partial charge >= 0.3 is 6.09 Å². The van der Waals surface area contributed by atoms with E-state index in [9.17, 15) is 4.79 Å². The van der Waals surface area contributed by atoms with Crippen LogP contribution in [0, 0.1) is 0 Å². The first-order valence-corrected chi connectivity index (χ1v) is 6.62. The maximum Gasteiger partial charge on any atom is 0.413 e. The second kappa shape index (κ2) is 5.66. The maximum atomic E-state index is 11.5. The van der Waals surface area contributed by atoms with E-state index >= 15 is 0 Å². The minimum atomic E-state index is -0.528. The summed E-state index contributed by atoms with van der Waals surface area (Å²) >= 11 is 0. The van der Waals surface area contributed by atoms with Gasteiger partial charge in [-0.3, -0.25) is 5.32 Å². The lowest BCUT2D eigenvalue weighted by atomic mass is 10.2. The van der Waals surface area contributed by atoms with Gasteiger partial charge in [0.05, 0.1) is 24.7 Å². The van der Waals surface area contributed by atoms with Crippen LogP contribution in [0.4, 0.5) is 10.7 Å². The number of nitrogens with one attached hydrogen (secondary N) is 1. The molecule has 1 amide bonds. The molecule has 21 heavy (non-hydrogen) atoms. The molecule has 2 aromatic carbocycles. The molecule has 0 radical (unpaired) electrons. The van der Waals surface area contributed by atoms with E-state index in [2.05, 4.69) is 15.0 Å².